The van der Waals surface area contributed by atoms with Crippen LogP contribution in [0.5, 0.6) is 0 Å². The van der Waals surface area contributed by atoms with Crippen LogP contribution in [0.1, 0.15) is 5.56 Å². The monoisotopic (exact) mass is 340 g/mol. The summed E-state index contributed by atoms with van der Waals surface area (Å²) in [5.41, 5.74) is 9.22. The molecule has 0 aliphatic heterocycles. The van der Waals surface area contributed by atoms with Crippen molar-refractivity contribution < 1.29 is 0 Å². The predicted molar refractivity (Wildman–Crippen MR) is 87.7 cm³/mol. The molecule has 1 aromatic heterocycles. The molecule has 0 unspecified atom stereocenters. The summed E-state index contributed by atoms with van der Waals surface area (Å²) in [5.74, 6) is 0.00855. The quantitative estimate of drug-likeness (QED) is 0.565. The summed E-state index contributed by atoms with van der Waals surface area (Å²) in [6.45, 7) is 0. The van der Waals surface area contributed by atoms with E-state index in [9.17, 15) is 0 Å². The first kappa shape index (κ1) is 13.6. The molecule has 5 heteroatoms. The minimum absolute atomic E-state index is 0.00855. The van der Waals surface area contributed by atoms with Crippen LogP contribution in [0.25, 0.3) is 16.8 Å². The van der Waals surface area contributed by atoms with E-state index in [0.717, 1.165) is 21.3 Å². The van der Waals surface area contributed by atoms with Crippen LogP contribution in [-0.4, -0.2) is 15.6 Å². The van der Waals surface area contributed by atoms with Gasteiger partial charge in [0.2, 0.25) is 0 Å². The summed E-state index contributed by atoms with van der Waals surface area (Å²) < 4.78 is 2.52. The summed E-state index contributed by atoms with van der Waals surface area (Å²) in [6, 6.07) is 15.7. The van der Waals surface area contributed by atoms with E-state index >= 15 is 0 Å². The molecular weight excluding hydrogens is 328 g/mol. The minimum Gasteiger partial charge on any atom is -0.384 e. The molecule has 3 N–H and O–H groups in total. The van der Waals surface area contributed by atoms with Gasteiger partial charge in [-0.25, -0.2) is 4.68 Å². The van der Waals surface area contributed by atoms with E-state index in [1.54, 1.807) is 10.9 Å². The zero-order chi connectivity index (χ0) is 14.8. The second-order valence-corrected chi connectivity index (χ2v) is 5.44. The summed E-state index contributed by atoms with van der Waals surface area (Å²) in [5, 5.41) is 12.1. The van der Waals surface area contributed by atoms with E-state index in [2.05, 4.69) is 21.0 Å². The van der Waals surface area contributed by atoms with Crippen LogP contribution in [0.15, 0.2) is 65.4 Å². The van der Waals surface area contributed by atoms with Crippen molar-refractivity contribution in [1.29, 1.82) is 5.41 Å². The van der Waals surface area contributed by atoms with Gasteiger partial charge < -0.3 is 5.73 Å². The zero-order valence-corrected chi connectivity index (χ0v) is 12.7. The predicted octanol–water partition coefficient (Wildman–Crippen LogP) is 3.59. The maximum absolute atomic E-state index is 7.74. The number of rotatable bonds is 3. The zero-order valence-electron chi connectivity index (χ0n) is 11.1. The lowest BCUT2D eigenvalue weighted by Gasteiger charge is -2.10. The molecule has 21 heavy (non-hydrogen) atoms. The molecule has 0 fully saturated rings. The molecule has 0 amide bonds. The van der Waals surface area contributed by atoms with Crippen LogP contribution < -0.4 is 5.73 Å². The Bertz CT molecular complexity index is 793. The van der Waals surface area contributed by atoms with Crippen molar-refractivity contribution in [3.63, 3.8) is 0 Å². The summed E-state index contributed by atoms with van der Waals surface area (Å²) in [7, 11) is 0. The Morgan fingerprint density at radius 2 is 1.81 bits per heavy atom. The standard InChI is InChI=1S/C16H13BrN4/c17-13-7-4-8-14(15(13)16(18)19)21-10-12(9-20-21)11-5-2-1-3-6-11/h1-10H,(H3,18,19). The average molecular weight is 341 g/mol. The Balaban J connectivity index is 2.09. The highest BCUT2D eigenvalue weighted by molar-refractivity contribution is 9.10. The van der Waals surface area contributed by atoms with Crippen LogP contribution in [-0.2, 0) is 0 Å². The van der Waals surface area contributed by atoms with Crippen molar-refractivity contribution in [2.45, 2.75) is 0 Å². The number of amidine groups is 1. The third-order valence-electron chi connectivity index (χ3n) is 3.20. The van der Waals surface area contributed by atoms with Gasteiger partial charge in [0, 0.05) is 16.2 Å². The molecule has 0 saturated carbocycles. The summed E-state index contributed by atoms with van der Waals surface area (Å²) >= 11 is 3.43. The van der Waals surface area contributed by atoms with E-state index in [0.29, 0.717) is 5.56 Å². The molecule has 1 heterocycles. The SMILES string of the molecule is N=C(N)c1c(Br)cccc1-n1cc(-c2ccccc2)cn1. The van der Waals surface area contributed by atoms with E-state index in [-0.39, 0.29) is 5.84 Å². The van der Waals surface area contributed by atoms with Gasteiger partial charge >= 0.3 is 0 Å². The van der Waals surface area contributed by atoms with Crippen molar-refractivity contribution in [1.82, 2.24) is 9.78 Å². The average Bonchev–Trinajstić information content (AvgIpc) is 2.97. The van der Waals surface area contributed by atoms with Gasteiger partial charge in [-0.2, -0.15) is 5.10 Å². The Labute approximate surface area is 130 Å². The molecule has 0 bridgehead atoms. The highest BCUT2D eigenvalue weighted by Crippen LogP contribution is 2.25. The second-order valence-electron chi connectivity index (χ2n) is 4.59. The molecule has 0 atom stereocenters. The van der Waals surface area contributed by atoms with E-state index in [1.807, 2.05) is 54.7 Å². The topological polar surface area (TPSA) is 67.7 Å². The van der Waals surface area contributed by atoms with Crippen molar-refractivity contribution in [3.05, 3.63) is 71.0 Å². The smallest absolute Gasteiger partial charge is 0.126 e. The number of nitrogens with two attached hydrogens (primary N) is 1. The Hall–Kier alpha value is -2.40. The molecule has 0 saturated heterocycles. The largest absolute Gasteiger partial charge is 0.384 e. The number of hydrogen-bond donors (Lipinski definition) is 2. The molecule has 3 rings (SSSR count). The number of aromatic nitrogens is 2. The van der Waals surface area contributed by atoms with Crippen molar-refractivity contribution in [3.8, 4) is 16.8 Å². The normalized spacial score (nSPS) is 10.5. The van der Waals surface area contributed by atoms with Gasteiger partial charge in [0.25, 0.3) is 0 Å². The molecule has 2 aromatic carbocycles. The van der Waals surface area contributed by atoms with Crippen LogP contribution >= 0.6 is 15.9 Å². The molecule has 3 aromatic rings. The van der Waals surface area contributed by atoms with Crippen LogP contribution in [0.2, 0.25) is 0 Å². The maximum atomic E-state index is 7.74. The van der Waals surface area contributed by atoms with Crippen LogP contribution in [0.4, 0.5) is 0 Å². The third kappa shape index (κ3) is 2.60. The van der Waals surface area contributed by atoms with Crippen LogP contribution in [0.3, 0.4) is 0 Å². The first-order valence-corrected chi connectivity index (χ1v) is 7.19. The number of nitrogen functional groups attached to an aromatic ring is 1. The number of benzene rings is 2. The molecule has 4 nitrogen and oxygen atoms in total. The molecule has 0 aliphatic carbocycles. The fraction of sp³-hybridized carbons (Fsp3) is 0. The van der Waals surface area contributed by atoms with Crippen molar-refractivity contribution >= 4 is 21.8 Å². The maximum Gasteiger partial charge on any atom is 0.126 e. The first-order chi connectivity index (χ1) is 10.2. The Kier molecular flexibility index (Phi) is 3.58. The van der Waals surface area contributed by atoms with E-state index in [4.69, 9.17) is 11.1 Å². The fourth-order valence-corrected chi connectivity index (χ4v) is 2.77. The van der Waals surface area contributed by atoms with Gasteiger partial charge in [0.15, 0.2) is 0 Å². The lowest BCUT2D eigenvalue weighted by atomic mass is 10.1. The van der Waals surface area contributed by atoms with E-state index in [1.165, 1.54) is 0 Å². The minimum atomic E-state index is 0.00855. The highest BCUT2D eigenvalue weighted by Gasteiger charge is 2.12. The number of hydrogen-bond acceptors (Lipinski definition) is 2. The van der Waals surface area contributed by atoms with Crippen LogP contribution in [0, 0.1) is 5.41 Å². The Morgan fingerprint density at radius 3 is 2.52 bits per heavy atom. The number of nitrogens with one attached hydrogen (secondary N) is 1. The van der Waals surface area contributed by atoms with Gasteiger partial charge in [-0.1, -0.05) is 36.4 Å². The fourth-order valence-electron chi connectivity index (χ4n) is 2.20. The lowest BCUT2D eigenvalue weighted by molar-refractivity contribution is 0.877. The molecular formula is C16H13BrN4. The molecule has 0 spiro atoms. The van der Waals surface area contributed by atoms with Gasteiger partial charge in [-0.15, -0.1) is 0 Å². The second kappa shape index (κ2) is 5.54. The van der Waals surface area contributed by atoms with E-state index < -0.39 is 0 Å². The van der Waals surface area contributed by atoms with Crippen molar-refractivity contribution in [2.24, 2.45) is 5.73 Å². The van der Waals surface area contributed by atoms with Gasteiger partial charge in [-0.3, -0.25) is 5.41 Å². The lowest BCUT2D eigenvalue weighted by Crippen LogP contribution is -2.15. The number of nitrogens with zero attached hydrogens (tertiary/aromatic N) is 2. The van der Waals surface area contributed by atoms with Gasteiger partial charge in [0.1, 0.15) is 5.84 Å². The highest BCUT2D eigenvalue weighted by atomic mass is 79.9. The Morgan fingerprint density at radius 1 is 1.05 bits per heavy atom. The van der Waals surface area contributed by atoms with Gasteiger partial charge in [-0.05, 0) is 33.6 Å². The third-order valence-corrected chi connectivity index (χ3v) is 3.86. The van der Waals surface area contributed by atoms with Gasteiger partial charge in [0.05, 0.1) is 17.4 Å². The summed E-state index contributed by atoms with van der Waals surface area (Å²) in [6.07, 6.45) is 3.74. The molecule has 0 radical (unpaired) electrons. The number of halogens is 1. The molecule has 0 aliphatic rings. The molecule has 104 valence electrons. The first-order valence-electron chi connectivity index (χ1n) is 6.40. The van der Waals surface area contributed by atoms with Crippen molar-refractivity contribution in [2.75, 3.05) is 0 Å². The summed E-state index contributed by atoms with van der Waals surface area (Å²) in [4.78, 5) is 0.